The number of rotatable bonds is 6. The maximum atomic E-state index is 13.9. The molecule has 1 aliphatic heterocycles. The van der Waals surface area contributed by atoms with Gasteiger partial charge in [-0.2, -0.15) is 22.5 Å². The number of nitrogens with one attached hydrogen (secondary N) is 1. The summed E-state index contributed by atoms with van der Waals surface area (Å²) in [5.41, 5.74) is 5.15. The van der Waals surface area contributed by atoms with Crippen LogP contribution in [0, 0.1) is 0 Å². The van der Waals surface area contributed by atoms with Crippen molar-refractivity contribution in [1.29, 1.82) is 0 Å². The van der Waals surface area contributed by atoms with Crippen LogP contribution in [0.5, 0.6) is 11.6 Å². The van der Waals surface area contributed by atoms with Crippen molar-refractivity contribution in [3.05, 3.63) is 65.5 Å². The predicted octanol–water partition coefficient (Wildman–Crippen LogP) is 4.48. The Morgan fingerprint density at radius 3 is 2.66 bits per heavy atom. The van der Waals surface area contributed by atoms with Gasteiger partial charge in [0.1, 0.15) is 11.4 Å². The van der Waals surface area contributed by atoms with Crippen molar-refractivity contribution < 1.29 is 22.7 Å². The topological polar surface area (TPSA) is 110 Å². The van der Waals surface area contributed by atoms with Gasteiger partial charge in [-0.15, -0.1) is 0 Å². The molecule has 13 heteroatoms. The number of nitrogens with zero attached hydrogens (tertiary/aromatic N) is 5. The molecule has 1 saturated heterocycles. The summed E-state index contributed by atoms with van der Waals surface area (Å²) in [5.74, 6) is 0.183. The molecule has 2 aromatic heterocycles. The number of aromatic nitrogens is 3. The molecule has 3 heterocycles. The molecular weight excluding hydrogens is 519 g/mol. The van der Waals surface area contributed by atoms with E-state index in [2.05, 4.69) is 24.6 Å². The molecule has 0 saturated carbocycles. The SMILES string of the molecule is CN1CCN(Cc2ccc(NC(=O)c3nsc4cc(Oc5ccnc(N)n5)ccc34)cc2C(F)(F)F)CC1. The van der Waals surface area contributed by atoms with Crippen molar-refractivity contribution in [1.82, 2.24) is 24.1 Å². The first-order valence-corrected chi connectivity index (χ1v) is 12.5. The second kappa shape index (κ2) is 10.5. The molecule has 0 aliphatic carbocycles. The molecule has 1 aliphatic rings. The number of ether oxygens (including phenoxy) is 1. The number of halogens is 3. The molecule has 5 rings (SSSR count). The average Bonchev–Trinajstić information content (AvgIpc) is 3.29. The lowest BCUT2D eigenvalue weighted by molar-refractivity contribution is -0.138. The average molecular weight is 544 g/mol. The smallest absolute Gasteiger partial charge is 0.416 e. The number of fused-ring (bicyclic) bond motifs is 1. The van der Waals surface area contributed by atoms with Crippen LogP contribution in [0.3, 0.4) is 0 Å². The number of amides is 1. The molecule has 3 N–H and O–H groups in total. The highest BCUT2D eigenvalue weighted by atomic mass is 32.1. The third-order valence-corrected chi connectivity index (χ3v) is 7.00. The van der Waals surface area contributed by atoms with Crippen molar-refractivity contribution >= 4 is 39.2 Å². The number of nitrogens with two attached hydrogens (primary N) is 1. The van der Waals surface area contributed by atoms with Gasteiger partial charge in [0.05, 0.1) is 10.3 Å². The monoisotopic (exact) mass is 543 g/mol. The molecule has 1 amide bonds. The van der Waals surface area contributed by atoms with Crippen molar-refractivity contribution in [2.45, 2.75) is 12.7 Å². The highest BCUT2D eigenvalue weighted by Gasteiger charge is 2.34. The van der Waals surface area contributed by atoms with Crippen LogP contribution < -0.4 is 15.8 Å². The molecule has 4 aromatic rings. The standard InChI is InChI=1S/C25H24F3N7O2S/c1-34-8-10-35(11-9-34)14-15-2-3-16(12-19(15)25(26,27)28)31-23(36)22-18-5-4-17(13-20(18)38-33-22)37-21-6-7-30-24(29)32-21/h2-7,12-13H,8-11,14H2,1H3,(H,31,36)(H2,29,30,32). The number of carbonyl (C=O) groups is 1. The van der Waals surface area contributed by atoms with Crippen LogP contribution in [0.25, 0.3) is 10.1 Å². The Hall–Kier alpha value is -3.81. The Kier molecular flexibility index (Phi) is 7.15. The maximum absolute atomic E-state index is 13.9. The number of nitrogen functional groups attached to an aromatic ring is 1. The van der Waals surface area contributed by atoms with E-state index in [9.17, 15) is 18.0 Å². The highest BCUT2D eigenvalue weighted by Crippen LogP contribution is 2.35. The summed E-state index contributed by atoms with van der Waals surface area (Å²) < 4.78 is 52.3. The van der Waals surface area contributed by atoms with Crippen molar-refractivity contribution in [3.8, 4) is 11.6 Å². The number of carbonyl (C=O) groups excluding carboxylic acids is 1. The van der Waals surface area contributed by atoms with E-state index in [1.165, 1.54) is 18.3 Å². The fraction of sp³-hybridized carbons (Fsp3) is 0.280. The summed E-state index contributed by atoms with van der Waals surface area (Å²) in [7, 11) is 1.99. The van der Waals surface area contributed by atoms with Gasteiger partial charge in [-0.25, -0.2) is 4.98 Å². The minimum Gasteiger partial charge on any atom is -0.439 e. The summed E-state index contributed by atoms with van der Waals surface area (Å²) in [5, 5.41) is 3.12. The Labute approximate surface area is 220 Å². The van der Waals surface area contributed by atoms with Gasteiger partial charge in [-0.1, -0.05) is 6.07 Å². The second-order valence-corrected chi connectivity index (χ2v) is 9.75. The second-order valence-electron chi connectivity index (χ2n) is 8.95. The molecule has 2 aromatic carbocycles. The molecule has 0 radical (unpaired) electrons. The normalized spacial score (nSPS) is 15.1. The molecule has 198 valence electrons. The molecule has 0 atom stereocenters. The van der Waals surface area contributed by atoms with Crippen LogP contribution in [-0.2, 0) is 12.7 Å². The Morgan fingerprint density at radius 2 is 1.92 bits per heavy atom. The number of piperazine rings is 1. The van der Waals surface area contributed by atoms with Gasteiger partial charge < -0.3 is 20.7 Å². The van der Waals surface area contributed by atoms with Crippen LogP contribution in [0.1, 0.15) is 21.6 Å². The lowest BCUT2D eigenvalue weighted by Gasteiger charge is -2.33. The maximum Gasteiger partial charge on any atom is 0.416 e. The Bertz CT molecular complexity index is 1470. The number of hydrogen-bond acceptors (Lipinski definition) is 9. The Balaban J connectivity index is 1.33. The highest BCUT2D eigenvalue weighted by molar-refractivity contribution is 7.13. The van der Waals surface area contributed by atoms with Crippen LogP contribution >= 0.6 is 11.5 Å². The summed E-state index contributed by atoms with van der Waals surface area (Å²) in [6.07, 6.45) is -3.09. The zero-order valence-electron chi connectivity index (χ0n) is 20.3. The van der Waals surface area contributed by atoms with E-state index < -0.39 is 17.6 Å². The summed E-state index contributed by atoms with van der Waals surface area (Å²) in [4.78, 5) is 24.9. The minimum atomic E-state index is -4.55. The number of benzene rings is 2. The van der Waals surface area contributed by atoms with Crippen LogP contribution in [0.15, 0.2) is 48.7 Å². The molecule has 9 nitrogen and oxygen atoms in total. The summed E-state index contributed by atoms with van der Waals surface area (Å²) >= 11 is 1.07. The fourth-order valence-corrected chi connectivity index (χ4v) is 4.98. The zero-order valence-corrected chi connectivity index (χ0v) is 21.1. The van der Waals surface area contributed by atoms with E-state index in [1.807, 2.05) is 11.9 Å². The first-order chi connectivity index (χ1) is 18.2. The van der Waals surface area contributed by atoms with Crippen LogP contribution in [-0.4, -0.2) is 63.3 Å². The molecule has 38 heavy (non-hydrogen) atoms. The number of likely N-dealkylation sites (N-methyl/N-ethyl adjacent to an activating group) is 1. The lowest BCUT2D eigenvalue weighted by atomic mass is 10.0. The molecule has 1 fully saturated rings. The number of alkyl halides is 3. The van der Waals surface area contributed by atoms with Gasteiger partial charge >= 0.3 is 6.18 Å². The molecule has 0 unspecified atom stereocenters. The van der Waals surface area contributed by atoms with Crippen molar-refractivity contribution in [2.75, 3.05) is 44.3 Å². The van der Waals surface area contributed by atoms with E-state index in [0.717, 1.165) is 30.7 Å². The van der Waals surface area contributed by atoms with E-state index in [0.29, 0.717) is 28.9 Å². The molecular formula is C25H24F3N7O2S. The van der Waals surface area contributed by atoms with Crippen molar-refractivity contribution in [3.63, 3.8) is 0 Å². The lowest BCUT2D eigenvalue weighted by Crippen LogP contribution is -2.44. The third-order valence-electron chi connectivity index (χ3n) is 6.19. The molecule has 0 spiro atoms. The minimum absolute atomic E-state index is 0.0481. The van der Waals surface area contributed by atoms with Crippen molar-refractivity contribution in [2.24, 2.45) is 0 Å². The van der Waals surface area contributed by atoms with Crippen LogP contribution in [0.2, 0.25) is 0 Å². The largest absolute Gasteiger partial charge is 0.439 e. The Morgan fingerprint density at radius 1 is 1.13 bits per heavy atom. The zero-order chi connectivity index (χ0) is 26.9. The van der Waals surface area contributed by atoms with Gasteiger partial charge in [-0.3, -0.25) is 9.69 Å². The molecule has 0 bridgehead atoms. The summed E-state index contributed by atoms with van der Waals surface area (Å²) in [6.45, 7) is 3.20. The van der Waals surface area contributed by atoms with Gasteiger partial charge in [0.25, 0.3) is 5.91 Å². The third kappa shape index (κ3) is 5.85. The van der Waals surface area contributed by atoms with Gasteiger partial charge in [-0.05, 0) is 48.4 Å². The van der Waals surface area contributed by atoms with E-state index in [4.69, 9.17) is 10.5 Å². The van der Waals surface area contributed by atoms with E-state index in [-0.39, 0.29) is 35.3 Å². The first kappa shape index (κ1) is 25.8. The quantitative estimate of drug-likeness (QED) is 0.367. The van der Waals surface area contributed by atoms with E-state index in [1.54, 1.807) is 24.3 Å². The fourth-order valence-electron chi connectivity index (χ4n) is 4.17. The van der Waals surface area contributed by atoms with Gasteiger partial charge in [0.15, 0.2) is 0 Å². The van der Waals surface area contributed by atoms with Gasteiger partial charge in [0, 0.05) is 62.1 Å². The van der Waals surface area contributed by atoms with Gasteiger partial charge in [0.2, 0.25) is 11.8 Å². The first-order valence-electron chi connectivity index (χ1n) is 11.7. The number of anilines is 2. The van der Waals surface area contributed by atoms with E-state index >= 15 is 0 Å². The van der Waals surface area contributed by atoms with Crippen LogP contribution in [0.4, 0.5) is 24.8 Å². The predicted molar refractivity (Wildman–Crippen MR) is 138 cm³/mol. The summed E-state index contributed by atoms with van der Waals surface area (Å²) in [6, 6.07) is 10.5. The number of hydrogen-bond donors (Lipinski definition) is 2.